The molecule has 0 atom stereocenters. The molecule has 0 saturated carbocycles. The van der Waals surface area contributed by atoms with Crippen LogP contribution in [0.1, 0.15) is 37.8 Å². The normalized spacial score (nSPS) is 15.8. The number of para-hydroxylation sites is 1. The number of benzene rings is 1. The quantitative estimate of drug-likeness (QED) is 0.422. The van der Waals surface area contributed by atoms with Gasteiger partial charge in [0.25, 0.3) is 5.89 Å². The number of nitrogens with zero attached hydrogens (tertiary/aromatic N) is 5. The zero-order valence-electron chi connectivity index (χ0n) is 18.7. The second-order valence-electron chi connectivity index (χ2n) is 8.19. The largest absolute Gasteiger partial charge is 0.415 e. The lowest BCUT2D eigenvalue weighted by Crippen LogP contribution is -2.38. The fourth-order valence-electron chi connectivity index (χ4n) is 4.10. The standard InChI is InChI=1S/C24H29F2N5OS/c1-4-30-14-12-21(13-15-30)33(2,3)31(20-8-6-5-7-9-20)17-19-11-10-18(16-27-19)23-28-29-24(32-23)22(25)26/h5-11,16,21-22H,2-4,12-15,17H2,1H3. The predicted octanol–water partition coefficient (Wildman–Crippen LogP) is 5.14. The molecule has 1 saturated heterocycles. The van der Waals surface area contributed by atoms with Crippen molar-refractivity contribution in [3.05, 3.63) is 60.2 Å². The lowest BCUT2D eigenvalue weighted by molar-refractivity contribution is 0.116. The molecule has 0 amide bonds. The van der Waals surface area contributed by atoms with Crippen LogP contribution in [0.25, 0.3) is 11.5 Å². The lowest BCUT2D eigenvalue weighted by Gasteiger charge is -2.42. The first-order chi connectivity index (χ1) is 15.9. The first kappa shape index (κ1) is 23.4. The fourth-order valence-corrected chi connectivity index (χ4v) is 6.48. The van der Waals surface area contributed by atoms with Gasteiger partial charge >= 0.3 is 6.43 Å². The summed E-state index contributed by atoms with van der Waals surface area (Å²) in [6.07, 6.45) is 0.933. The molecule has 0 radical (unpaired) electrons. The molecule has 1 aromatic carbocycles. The average Bonchev–Trinajstić information content (AvgIpc) is 3.34. The van der Waals surface area contributed by atoms with Gasteiger partial charge in [-0.05, 0) is 56.7 Å². The third-order valence-corrected chi connectivity index (χ3v) is 9.02. The lowest BCUT2D eigenvalue weighted by atomic mass is 10.1. The highest BCUT2D eigenvalue weighted by Crippen LogP contribution is 2.42. The number of alkyl halides is 2. The molecule has 0 bridgehead atoms. The molecule has 3 aromatic rings. The number of anilines is 1. The van der Waals surface area contributed by atoms with Crippen molar-refractivity contribution < 1.29 is 13.2 Å². The van der Waals surface area contributed by atoms with Crippen LogP contribution in [-0.4, -0.2) is 56.7 Å². The summed E-state index contributed by atoms with van der Waals surface area (Å²) in [5, 5.41) is 7.49. The Hall–Kier alpha value is -2.78. The second-order valence-corrected chi connectivity index (χ2v) is 11.1. The van der Waals surface area contributed by atoms with E-state index in [0.717, 1.165) is 43.9 Å². The second kappa shape index (κ2) is 10.0. The van der Waals surface area contributed by atoms with E-state index in [-0.39, 0.29) is 5.89 Å². The minimum atomic E-state index is -2.80. The number of halogens is 2. The molecular weight excluding hydrogens is 444 g/mol. The number of aromatic nitrogens is 3. The molecule has 4 rings (SSSR count). The van der Waals surface area contributed by atoms with Crippen LogP contribution in [0, 0.1) is 0 Å². The van der Waals surface area contributed by atoms with Crippen molar-refractivity contribution >= 4 is 26.8 Å². The van der Waals surface area contributed by atoms with Gasteiger partial charge in [0.1, 0.15) is 0 Å². The molecule has 0 N–H and O–H groups in total. The number of hydrogen-bond donors (Lipinski definition) is 0. The molecule has 0 spiro atoms. The van der Waals surface area contributed by atoms with Gasteiger partial charge in [0.2, 0.25) is 5.89 Å². The number of pyridine rings is 1. The summed E-state index contributed by atoms with van der Waals surface area (Å²) in [6, 6.07) is 13.8. The van der Waals surface area contributed by atoms with Gasteiger partial charge in [-0.25, -0.2) is 0 Å². The molecule has 1 aliphatic rings. The molecule has 0 aliphatic carbocycles. The molecule has 9 heteroatoms. The van der Waals surface area contributed by atoms with Gasteiger partial charge in [-0.15, -0.1) is 19.6 Å². The van der Waals surface area contributed by atoms with E-state index in [0.29, 0.717) is 17.4 Å². The Morgan fingerprint density at radius 3 is 2.42 bits per heavy atom. The minimum absolute atomic E-state index is 0.0289. The highest BCUT2D eigenvalue weighted by Gasteiger charge is 2.26. The van der Waals surface area contributed by atoms with Crippen LogP contribution in [0.2, 0.25) is 0 Å². The Labute approximate surface area is 193 Å². The van der Waals surface area contributed by atoms with Crippen LogP contribution in [0.3, 0.4) is 0 Å². The molecule has 176 valence electrons. The Morgan fingerprint density at radius 2 is 1.85 bits per heavy atom. The Bertz CT molecular complexity index is 1140. The number of piperidine rings is 1. The molecule has 6 nitrogen and oxygen atoms in total. The molecule has 1 fully saturated rings. The first-order valence-electron chi connectivity index (χ1n) is 11.0. The highest BCUT2D eigenvalue weighted by atomic mass is 32.2. The molecule has 3 heterocycles. The molecule has 33 heavy (non-hydrogen) atoms. The van der Waals surface area contributed by atoms with E-state index in [2.05, 4.69) is 55.2 Å². The highest BCUT2D eigenvalue weighted by molar-refractivity contribution is 8.29. The summed E-state index contributed by atoms with van der Waals surface area (Å²) in [5.74, 6) is 8.63. The fraction of sp³-hybridized carbons (Fsp3) is 0.375. The zero-order valence-corrected chi connectivity index (χ0v) is 19.6. The maximum Gasteiger partial charge on any atom is 0.314 e. The Kier molecular flexibility index (Phi) is 7.09. The number of rotatable bonds is 8. The van der Waals surface area contributed by atoms with Crippen LogP contribution in [0.4, 0.5) is 14.5 Å². The average molecular weight is 474 g/mol. The predicted molar refractivity (Wildman–Crippen MR) is 132 cm³/mol. The van der Waals surface area contributed by atoms with Crippen LogP contribution in [0.15, 0.2) is 53.1 Å². The van der Waals surface area contributed by atoms with Crippen molar-refractivity contribution in [3.63, 3.8) is 0 Å². The summed E-state index contributed by atoms with van der Waals surface area (Å²) in [6.45, 7) is 5.96. The summed E-state index contributed by atoms with van der Waals surface area (Å²) in [5.41, 5.74) is 2.39. The van der Waals surface area contributed by atoms with Gasteiger partial charge in [-0.3, -0.25) is 4.98 Å². The van der Waals surface area contributed by atoms with E-state index >= 15 is 0 Å². The Balaban J connectivity index is 1.57. The van der Waals surface area contributed by atoms with Crippen LogP contribution in [0.5, 0.6) is 0 Å². The van der Waals surface area contributed by atoms with Crippen LogP contribution < -0.4 is 4.31 Å². The molecule has 1 aliphatic heterocycles. The third-order valence-electron chi connectivity index (χ3n) is 6.09. The number of likely N-dealkylation sites (tertiary alicyclic amines) is 1. The van der Waals surface area contributed by atoms with E-state index in [4.69, 9.17) is 4.42 Å². The summed E-state index contributed by atoms with van der Waals surface area (Å²) in [7, 11) is -1.63. The van der Waals surface area contributed by atoms with Gasteiger partial charge in [0, 0.05) is 17.1 Å². The minimum Gasteiger partial charge on any atom is -0.415 e. The maximum atomic E-state index is 12.7. The van der Waals surface area contributed by atoms with E-state index in [1.165, 1.54) is 0 Å². The summed E-state index contributed by atoms with van der Waals surface area (Å²) >= 11 is 0. The maximum absolute atomic E-state index is 12.7. The van der Waals surface area contributed by atoms with Crippen molar-refractivity contribution in [3.8, 4) is 11.5 Å². The van der Waals surface area contributed by atoms with E-state index in [9.17, 15) is 8.78 Å². The van der Waals surface area contributed by atoms with Crippen LogP contribution in [-0.2, 0) is 6.54 Å². The molecule has 0 unspecified atom stereocenters. The van der Waals surface area contributed by atoms with Crippen molar-refractivity contribution in [2.45, 2.75) is 38.0 Å². The van der Waals surface area contributed by atoms with E-state index in [1.54, 1.807) is 12.3 Å². The van der Waals surface area contributed by atoms with E-state index < -0.39 is 21.7 Å². The van der Waals surface area contributed by atoms with Crippen molar-refractivity contribution in [1.29, 1.82) is 0 Å². The third kappa shape index (κ3) is 5.25. The number of hydrogen-bond acceptors (Lipinski definition) is 6. The van der Waals surface area contributed by atoms with Gasteiger partial charge in [-0.1, -0.05) is 36.9 Å². The van der Waals surface area contributed by atoms with Gasteiger partial charge in [-0.2, -0.15) is 8.78 Å². The first-order valence-corrected chi connectivity index (χ1v) is 13.0. The van der Waals surface area contributed by atoms with Gasteiger partial charge in [0.05, 0.1) is 17.8 Å². The van der Waals surface area contributed by atoms with Crippen molar-refractivity contribution in [1.82, 2.24) is 20.1 Å². The van der Waals surface area contributed by atoms with Crippen molar-refractivity contribution in [2.24, 2.45) is 0 Å². The summed E-state index contributed by atoms with van der Waals surface area (Å²) in [4.78, 5) is 7.02. The topological polar surface area (TPSA) is 58.3 Å². The monoisotopic (exact) mass is 473 g/mol. The molecule has 2 aromatic heterocycles. The molecular formula is C24H29F2N5OS. The SMILES string of the molecule is C=S(=C)(C1CCN(CC)CC1)N(Cc1ccc(-c2nnc(C(F)F)o2)cn1)c1ccccc1. The van der Waals surface area contributed by atoms with E-state index in [1.807, 2.05) is 24.3 Å². The van der Waals surface area contributed by atoms with Gasteiger partial charge in [0.15, 0.2) is 0 Å². The van der Waals surface area contributed by atoms with Gasteiger partial charge < -0.3 is 13.6 Å². The van der Waals surface area contributed by atoms with Crippen molar-refractivity contribution in [2.75, 3.05) is 23.9 Å². The van der Waals surface area contributed by atoms with Crippen LogP contribution >= 0.6 is 9.39 Å². The Morgan fingerprint density at radius 1 is 1.12 bits per heavy atom. The smallest absolute Gasteiger partial charge is 0.314 e. The summed E-state index contributed by atoms with van der Waals surface area (Å²) < 4.78 is 32.8. The zero-order chi connectivity index (χ0) is 23.4.